The minimum Gasteiger partial charge on any atom is -0.495 e. The summed E-state index contributed by atoms with van der Waals surface area (Å²) in [6, 6.07) is 19.7. The van der Waals surface area contributed by atoms with Gasteiger partial charge in [-0.15, -0.1) is 0 Å². The number of carbonyl (C=O) groups is 2. The van der Waals surface area contributed by atoms with Crippen molar-refractivity contribution >= 4 is 40.4 Å². The van der Waals surface area contributed by atoms with Gasteiger partial charge in [0.2, 0.25) is 5.95 Å². The van der Waals surface area contributed by atoms with Crippen molar-refractivity contribution in [3.05, 3.63) is 108 Å². The third kappa shape index (κ3) is 5.53. The Balaban J connectivity index is 1.33. The number of aliphatic imine (C=N–C) groups is 1. The Hall–Kier alpha value is -4.84. The molecule has 12 heteroatoms. The largest absolute Gasteiger partial charge is 0.495 e. The molecule has 1 saturated heterocycles. The lowest BCUT2D eigenvalue weighted by atomic mass is 9.81. The number of anilines is 2. The van der Waals surface area contributed by atoms with Crippen LogP contribution in [0.1, 0.15) is 26.4 Å². The molecular formula is C30H26FN7O3S. The fourth-order valence-electron chi connectivity index (χ4n) is 5.14. The number of amidine groups is 1. The molecule has 0 aliphatic carbocycles. The van der Waals surface area contributed by atoms with E-state index in [9.17, 15) is 14.0 Å². The molecule has 0 spiro atoms. The topological polar surface area (TPSA) is 122 Å². The van der Waals surface area contributed by atoms with Crippen LogP contribution < -0.4 is 20.3 Å². The van der Waals surface area contributed by atoms with Gasteiger partial charge in [-0.05, 0) is 42.0 Å². The van der Waals surface area contributed by atoms with Gasteiger partial charge in [-0.1, -0.05) is 42.1 Å². The highest BCUT2D eigenvalue weighted by atomic mass is 32.2. The summed E-state index contributed by atoms with van der Waals surface area (Å²) >= 11 is 1.47. The lowest BCUT2D eigenvalue weighted by molar-refractivity contribution is 0.0976. The zero-order valence-electron chi connectivity index (χ0n) is 22.5. The third-order valence-corrected chi connectivity index (χ3v) is 8.28. The van der Waals surface area contributed by atoms with Crippen molar-refractivity contribution in [3.8, 4) is 5.75 Å². The van der Waals surface area contributed by atoms with E-state index < -0.39 is 11.4 Å². The fourth-order valence-corrected chi connectivity index (χ4v) is 6.28. The number of hydrogen-bond donors (Lipinski definition) is 2. The normalized spacial score (nSPS) is 19.4. The molecule has 0 radical (unpaired) electrons. The van der Waals surface area contributed by atoms with Crippen molar-refractivity contribution in [2.45, 2.75) is 5.54 Å². The van der Waals surface area contributed by atoms with E-state index in [1.54, 1.807) is 42.5 Å². The standard InChI is InChI=1S/C30H26FN7O3S/c1-41-24-10-11-25(32-15-24)27(40)35-23-9-5-8-20(12-23)30-18-38(28-33-13-22(31)14-34-28)16-21(30)17-42-29(37-30)36-26(39)19-6-3-2-4-7-19/h2-15,21H,16-18H2,1H3,(H,35,40)(H,36,37,39)/t21-,30+/m0/s1. The number of benzene rings is 2. The average molecular weight is 584 g/mol. The minimum absolute atomic E-state index is 0.0164. The number of halogens is 1. The maximum atomic E-state index is 13.6. The summed E-state index contributed by atoms with van der Waals surface area (Å²) in [6.07, 6.45) is 3.77. The summed E-state index contributed by atoms with van der Waals surface area (Å²) in [6.45, 7) is 0.973. The fraction of sp³-hybridized carbons (Fsp3) is 0.200. The number of methoxy groups -OCH3 is 1. The Kier molecular flexibility index (Phi) is 7.53. The lowest BCUT2D eigenvalue weighted by Gasteiger charge is -2.35. The maximum Gasteiger partial charge on any atom is 0.274 e. The van der Waals surface area contributed by atoms with E-state index >= 15 is 0 Å². The Labute approximate surface area is 245 Å². The molecule has 2 aliphatic heterocycles. The molecule has 1 fully saturated rings. The van der Waals surface area contributed by atoms with Crippen molar-refractivity contribution in [2.75, 3.05) is 36.2 Å². The number of aromatic nitrogens is 3. The zero-order valence-corrected chi connectivity index (χ0v) is 23.3. The van der Waals surface area contributed by atoms with Crippen molar-refractivity contribution in [1.29, 1.82) is 0 Å². The molecule has 4 aromatic rings. The summed E-state index contributed by atoms with van der Waals surface area (Å²) in [7, 11) is 1.53. The van der Waals surface area contributed by atoms with E-state index in [4.69, 9.17) is 9.73 Å². The van der Waals surface area contributed by atoms with Crippen LogP contribution in [0.25, 0.3) is 0 Å². The molecule has 0 unspecified atom stereocenters. The Morgan fingerprint density at radius 1 is 0.976 bits per heavy atom. The number of fused-ring (bicyclic) bond motifs is 1. The first-order chi connectivity index (χ1) is 20.4. The number of hydrogen-bond acceptors (Lipinski definition) is 9. The predicted molar refractivity (Wildman–Crippen MR) is 158 cm³/mol. The number of amides is 2. The summed E-state index contributed by atoms with van der Waals surface area (Å²) < 4.78 is 18.7. The summed E-state index contributed by atoms with van der Waals surface area (Å²) in [4.78, 5) is 45.6. The van der Waals surface area contributed by atoms with Gasteiger partial charge < -0.3 is 20.3 Å². The second-order valence-electron chi connectivity index (χ2n) is 9.87. The molecule has 0 bridgehead atoms. The van der Waals surface area contributed by atoms with Gasteiger partial charge in [0.1, 0.15) is 17.0 Å². The van der Waals surface area contributed by atoms with E-state index in [-0.39, 0.29) is 23.4 Å². The minimum atomic E-state index is -0.790. The first-order valence-corrected chi connectivity index (χ1v) is 14.2. The first-order valence-electron chi connectivity index (χ1n) is 13.2. The molecule has 2 aromatic heterocycles. The number of nitrogens with zero attached hydrogens (tertiary/aromatic N) is 5. The maximum absolute atomic E-state index is 13.6. The van der Waals surface area contributed by atoms with Crippen LogP contribution in [0.4, 0.5) is 16.0 Å². The molecule has 212 valence electrons. The van der Waals surface area contributed by atoms with Crippen LogP contribution in [-0.2, 0) is 5.54 Å². The van der Waals surface area contributed by atoms with Gasteiger partial charge in [0, 0.05) is 29.5 Å². The number of ether oxygens (including phenoxy) is 1. The Morgan fingerprint density at radius 2 is 1.79 bits per heavy atom. The molecule has 2 aromatic carbocycles. The summed E-state index contributed by atoms with van der Waals surface area (Å²) in [5.74, 6) is 0.503. The van der Waals surface area contributed by atoms with Crippen LogP contribution in [-0.4, -0.2) is 57.9 Å². The van der Waals surface area contributed by atoms with Gasteiger partial charge >= 0.3 is 0 Å². The van der Waals surface area contributed by atoms with Crippen LogP contribution in [0.3, 0.4) is 0 Å². The van der Waals surface area contributed by atoms with Crippen molar-refractivity contribution in [2.24, 2.45) is 10.9 Å². The molecule has 6 rings (SSSR count). The highest BCUT2D eigenvalue weighted by Gasteiger charge is 2.51. The quantitative estimate of drug-likeness (QED) is 0.348. The number of carbonyl (C=O) groups excluding carboxylic acids is 2. The average Bonchev–Trinajstić information content (AvgIpc) is 3.42. The summed E-state index contributed by atoms with van der Waals surface area (Å²) in [5.41, 5.74) is 1.41. The van der Waals surface area contributed by atoms with Crippen LogP contribution in [0, 0.1) is 11.7 Å². The van der Waals surface area contributed by atoms with Crippen LogP contribution in [0.5, 0.6) is 5.75 Å². The SMILES string of the molecule is COc1ccc(C(=O)Nc2cccc([C@]34CN(c5ncc(F)cn5)C[C@H]3CSC(NC(=O)c3ccccc3)=N4)c2)nc1. The number of thioether (sulfide) groups is 1. The monoisotopic (exact) mass is 583 g/mol. The third-order valence-electron chi connectivity index (χ3n) is 7.24. The molecule has 10 nitrogen and oxygen atoms in total. The van der Waals surface area contributed by atoms with E-state index in [0.29, 0.717) is 47.0 Å². The number of nitrogens with one attached hydrogen (secondary N) is 2. The highest BCUT2D eigenvalue weighted by Crippen LogP contribution is 2.46. The van der Waals surface area contributed by atoms with E-state index in [1.165, 1.54) is 25.1 Å². The van der Waals surface area contributed by atoms with Crippen LogP contribution in [0.2, 0.25) is 0 Å². The first kappa shape index (κ1) is 27.3. The zero-order chi connectivity index (χ0) is 29.1. The molecule has 4 heterocycles. The highest BCUT2D eigenvalue weighted by molar-refractivity contribution is 8.13. The van der Waals surface area contributed by atoms with E-state index in [2.05, 4.69) is 25.6 Å². The molecule has 42 heavy (non-hydrogen) atoms. The molecule has 2 aliphatic rings. The molecule has 2 N–H and O–H groups in total. The second-order valence-corrected chi connectivity index (χ2v) is 10.9. The van der Waals surface area contributed by atoms with Gasteiger partial charge in [0.15, 0.2) is 11.0 Å². The molecule has 2 amide bonds. The Morgan fingerprint density at radius 3 is 2.52 bits per heavy atom. The second kappa shape index (κ2) is 11.6. The van der Waals surface area contributed by atoms with Crippen LogP contribution >= 0.6 is 11.8 Å². The number of rotatable bonds is 6. The van der Waals surface area contributed by atoms with E-state index in [0.717, 1.165) is 18.0 Å². The molecule has 2 atom stereocenters. The van der Waals surface area contributed by atoms with Gasteiger partial charge in [0.25, 0.3) is 11.8 Å². The van der Waals surface area contributed by atoms with Crippen molar-refractivity contribution < 1.29 is 18.7 Å². The molecule has 0 saturated carbocycles. The van der Waals surface area contributed by atoms with Gasteiger partial charge in [-0.3, -0.25) is 9.59 Å². The van der Waals surface area contributed by atoms with Crippen molar-refractivity contribution in [1.82, 2.24) is 20.3 Å². The number of pyridine rings is 1. The van der Waals surface area contributed by atoms with Gasteiger partial charge in [-0.25, -0.2) is 24.3 Å². The van der Waals surface area contributed by atoms with E-state index in [1.807, 2.05) is 29.2 Å². The lowest BCUT2D eigenvalue weighted by Crippen LogP contribution is -2.42. The summed E-state index contributed by atoms with van der Waals surface area (Å²) in [5, 5.41) is 6.39. The Bertz CT molecular complexity index is 1640. The molecular weight excluding hydrogens is 557 g/mol. The van der Waals surface area contributed by atoms with Gasteiger partial charge in [0.05, 0.1) is 32.2 Å². The smallest absolute Gasteiger partial charge is 0.274 e. The van der Waals surface area contributed by atoms with Gasteiger partial charge in [-0.2, -0.15) is 0 Å². The van der Waals surface area contributed by atoms with Crippen LogP contribution in [0.15, 0.2) is 90.3 Å². The van der Waals surface area contributed by atoms with Crippen molar-refractivity contribution in [3.63, 3.8) is 0 Å². The predicted octanol–water partition coefficient (Wildman–Crippen LogP) is 4.14.